The van der Waals surface area contributed by atoms with Gasteiger partial charge in [-0.3, -0.25) is 4.72 Å². The molecule has 2 rings (SSSR count). The number of rotatable bonds is 3. The largest absolute Gasteiger partial charge is 0.276 e. The van der Waals surface area contributed by atoms with E-state index in [1.807, 2.05) is 0 Å². The van der Waals surface area contributed by atoms with Gasteiger partial charge in [0, 0.05) is 6.20 Å². The molecule has 0 fully saturated rings. The maximum absolute atomic E-state index is 12.2. The van der Waals surface area contributed by atoms with Gasteiger partial charge in [-0.15, -0.1) is 0 Å². The Morgan fingerprint density at radius 2 is 1.63 bits per heavy atom. The standard InChI is InChI=1S/C11H7Cl3N2O2S/c12-7-3-1-4-8(13)10(7)16-19(17,18)9-5-2-6-15-11(9)14/h1-6,16H. The van der Waals surface area contributed by atoms with E-state index in [0.717, 1.165) is 0 Å². The molecule has 4 nitrogen and oxygen atoms in total. The van der Waals surface area contributed by atoms with E-state index >= 15 is 0 Å². The number of hydrogen-bond donors (Lipinski definition) is 1. The third-order valence-corrected chi connectivity index (χ3v) is 4.64. The molecule has 0 bridgehead atoms. The van der Waals surface area contributed by atoms with Crippen molar-refractivity contribution in [3.63, 3.8) is 0 Å². The summed E-state index contributed by atoms with van der Waals surface area (Å²) >= 11 is 17.6. The van der Waals surface area contributed by atoms with Gasteiger partial charge in [-0.05, 0) is 24.3 Å². The van der Waals surface area contributed by atoms with Crippen molar-refractivity contribution >= 4 is 50.5 Å². The zero-order chi connectivity index (χ0) is 14.0. The molecule has 1 aromatic carbocycles. The number of hydrogen-bond acceptors (Lipinski definition) is 3. The second kappa shape index (κ2) is 5.54. The lowest BCUT2D eigenvalue weighted by atomic mass is 10.3. The van der Waals surface area contributed by atoms with Gasteiger partial charge in [-0.2, -0.15) is 0 Å². The molecule has 0 radical (unpaired) electrons. The van der Waals surface area contributed by atoms with Gasteiger partial charge in [0.2, 0.25) is 0 Å². The van der Waals surface area contributed by atoms with Gasteiger partial charge in [-0.25, -0.2) is 13.4 Å². The van der Waals surface area contributed by atoms with E-state index in [9.17, 15) is 8.42 Å². The summed E-state index contributed by atoms with van der Waals surface area (Å²) in [5.74, 6) is 0. The minimum Gasteiger partial charge on any atom is -0.276 e. The van der Waals surface area contributed by atoms with Gasteiger partial charge in [0.25, 0.3) is 10.0 Å². The van der Waals surface area contributed by atoms with Gasteiger partial charge in [0.05, 0.1) is 15.7 Å². The molecule has 0 spiro atoms. The van der Waals surface area contributed by atoms with Gasteiger partial charge in [0.15, 0.2) is 0 Å². The lowest BCUT2D eigenvalue weighted by Crippen LogP contribution is -2.14. The Morgan fingerprint density at radius 3 is 2.21 bits per heavy atom. The van der Waals surface area contributed by atoms with Crippen LogP contribution in [-0.4, -0.2) is 13.4 Å². The molecular formula is C11H7Cl3N2O2S. The zero-order valence-electron chi connectivity index (χ0n) is 9.27. The summed E-state index contributed by atoms with van der Waals surface area (Å²) < 4.78 is 26.6. The van der Waals surface area contributed by atoms with Gasteiger partial charge < -0.3 is 0 Å². The lowest BCUT2D eigenvalue weighted by molar-refractivity contribution is 0.601. The number of para-hydroxylation sites is 1. The maximum atomic E-state index is 12.2. The van der Waals surface area contributed by atoms with Crippen LogP contribution in [0.5, 0.6) is 0 Å². The fourth-order valence-electron chi connectivity index (χ4n) is 1.36. The second-order valence-electron chi connectivity index (χ2n) is 3.49. The first-order valence-corrected chi connectivity index (χ1v) is 7.61. The van der Waals surface area contributed by atoms with Crippen LogP contribution < -0.4 is 4.72 Å². The molecule has 0 aliphatic carbocycles. The molecule has 1 heterocycles. The Morgan fingerprint density at radius 1 is 1.00 bits per heavy atom. The average molecular weight is 338 g/mol. The summed E-state index contributed by atoms with van der Waals surface area (Å²) in [5, 5.41) is 0.255. The number of pyridine rings is 1. The quantitative estimate of drug-likeness (QED) is 0.866. The van der Waals surface area contributed by atoms with E-state index in [1.165, 1.54) is 30.5 Å². The van der Waals surface area contributed by atoms with Gasteiger partial charge in [0.1, 0.15) is 10.0 Å². The third-order valence-electron chi connectivity index (χ3n) is 2.21. The van der Waals surface area contributed by atoms with Crippen LogP contribution in [0, 0.1) is 0 Å². The molecule has 19 heavy (non-hydrogen) atoms. The predicted molar refractivity (Wildman–Crippen MR) is 76.5 cm³/mol. The summed E-state index contributed by atoms with van der Waals surface area (Å²) in [6, 6.07) is 7.46. The Hall–Kier alpha value is -1.01. The molecule has 0 aliphatic heterocycles. The Kier molecular flexibility index (Phi) is 4.20. The normalized spacial score (nSPS) is 11.3. The van der Waals surface area contributed by atoms with Crippen LogP contribution in [0.2, 0.25) is 15.2 Å². The summed E-state index contributed by atoms with van der Waals surface area (Å²) in [6.45, 7) is 0. The molecule has 0 unspecified atom stereocenters. The van der Waals surface area contributed by atoms with E-state index in [4.69, 9.17) is 34.8 Å². The monoisotopic (exact) mass is 336 g/mol. The highest BCUT2D eigenvalue weighted by molar-refractivity contribution is 7.92. The average Bonchev–Trinajstić information content (AvgIpc) is 2.34. The first-order chi connectivity index (χ1) is 8.92. The highest BCUT2D eigenvalue weighted by Gasteiger charge is 2.20. The summed E-state index contributed by atoms with van der Waals surface area (Å²) in [6.07, 6.45) is 1.39. The molecule has 1 aromatic heterocycles. The highest BCUT2D eigenvalue weighted by atomic mass is 35.5. The van der Waals surface area contributed by atoms with Crippen molar-refractivity contribution in [2.75, 3.05) is 4.72 Å². The first kappa shape index (κ1) is 14.4. The van der Waals surface area contributed by atoms with Crippen LogP contribution in [0.3, 0.4) is 0 Å². The SMILES string of the molecule is O=S(=O)(Nc1c(Cl)cccc1Cl)c1cccnc1Cl. The smallest absolute Gasteiger partial charge is 0.265 e. The molecule has 0 atom stereocenters. The predicted octanol–water partition coefficient (Wildman–Crippen LogP) is 3.84. The van der Waals surface area contributed by atoms with Gasteiger partial charge >= 0.3 is 0 Å². The van der Waals surface area contributed by atoms with E-state index in [1.54, 1.807) is 6.07 Å². The third kappa shape index (κ3) is 3.12. The van der Waals surface area contributed by atoms with Crippen LogP contribution in [-0.2, 0) is 10.0 Å². The summed E-state index contributed by atoms with van der Waals surface area (Å²) in [7, 11) is -3.90. The van der Waals surface area contributed by atoms with E-state index < -0.39 is 10.0 Å². The lowest BCUT2D eigenvalue weighted by Gasteiger charge is -2.11. The van der Waals surface area contributed by atoms with Crippen molar-refractivity contribution in [1.82, 2.24) is 4.98 Å². The van der Waals surface area contributed by atoms with E-state index in [2.05, 4.69) is 9.71 Å². The fourth-order valence-corrected chi connectivity index (χ4v) is 3.52. The van der Waals surface area contributed by atoms with Crippen molar-refractivity contribution in [1.29, 1.82) is 0 Å². The molecule has 0 saturated heterocycles. The number of halogens is 3. The molecule has 8 heteroatoms. The van der Waals surface area contributed by atoms with Crippen LogP contribution in [0.25, 0.3) is 0 Å². The summed E-state index contributed by atoms with van der Waals surface area (Å²) in [4.78, 5) is 3.57. The highest BCUT2D eigenvalue weighted by Crippen LogP contribution is 2.32. The Bertz CT molecular complexity index is 699. The first-order valence-electron chi connectivity index (χ1n) is 4.99. The number of nitrogens with zero attached hydrogens (tertiary/aromatic N) is 1. The number of aromatic nitrogens is 1. The van der Waals surface area contributed by atoms with E-state index in [0.29, 0.717) is 0 Å². The van der Waals surface area contributed by atoms with Crippen LogP contribution in [0.1, 0.15) is 0 Å². The van der Waals surface area contributed by atoms with Crippen LogP contribution in [0.15, 0.2) is 41.4 Å². The molecule has 100 valence electrons. The Labute approximate surface area is 125 Å². The van der Waals surface area contributed by atoms with Crippen molar-refractivity contribution in [2.45, 2.75) is 4.90 Å². The van der Waals surface area contributed by atoms with Gasteiger partial charge in [-0.1, -0.05) is 40.9 Å². The minimum atomic E-state index is -3.90. The Balaban J connectivity index is 2.46. The molecule has 0 aliphatic rings. The fraction of sp³-hybridized carbons (Fsp3) is 0. The number of nitrogens with one attached hydrogen (secondary N) is 1. The number of sulfonamides is 1. The van der Waals surface area contributed by atoms with Crippen LogP contribution >= 0.6 is 34.8 Å². The van der Waals surface area contributed by atoms with Crippen molar-refractivity contribution in [3.05, 3.63) is 51.7 Å². The topological polar surface area (TPSA) is 59.1 Å². The molecule has 1 N–H and O–H groups in total. The van der Waals surface area contributed by atoms with Crippen molar-refractivity contribution < 1.29 is 8.42 Å². The minimum absolute atomic E-state index is 0.103. The second-order valence-corrected chi connectivity index (χ2v) is 6.32. The van der Waals surface area contributed by atoms with Crippen LogP contribution in [0.4, 0.5) is 5.69 Å². The number of anilines is 1. The van der Waals surface area contributed by atoms with E-state index in [-0.39, 0.29) is 25.8 Å². The molecule has 0 saturated carbocycles. The molecule has 2 aromatic rings. The van der Waals surface area contributed by atoms with Crippen molar-refractivity contribution in [2.24, 2.45) is 0 Å². The zero-order valence-corrected chi connectivity index (χ0v) is 12.4. The number of benzene rings is 1. The summed E-state index contributed by atoms with van der Waals surface area (Å²) in [5.41, 5.74) is 0.103. The maximum Gasteiger partial charge on any atom is 0.265 e. The van der Waals surface area contributed by atoms with Crippen molar-refractivity contribution in [3.8, 4) is 0 Å². The molecule has 0 amide bonds. The molecular weight excluding hydrogens is 331 g/mol.